The number of morpholine rings is 1. The number of nitrogens with two attached hydrogens (primary N) is 1. The lowest BCUT2D eigenvalue weighted by Gasteiger charge is -2.34. The lowest BCUT2D eigenvalue weighted by atomic mass is 10.1. The summed E-state index contributed by atoms with van der Waals surface area (Å²) >= 11 is 0. The summed E-state index contributed by atoms with van der Waals surface area (Å²) in [5, 5.41) is 4.28. The van der Waals surface area contributed by atoms with E-state index in [1.54, 1.807) is 0 Å². The number of rotatable bonds is 3. The van der Waals surface area contributed by atoms with Crippen LogP contribution in [-0.2, 0) is 16.1 Å². The molecule has 1 saturated carbocycles. The molecule has 2 heterocycles. The van der Waals surface area contributed by atoms with E-state index in [0.717, 1.165) is 24.8 Å². The Labute approximate surface area is 125 Å². The number of hydrogen-bond acceptors (Lipinski definition) is 4. The van der Waals surface area contributed by atoms with Crippen LogP contribution in [0, 0.1) is 12.8 Å². The fourth-order valence-electron chi connectivity index (χ4n) is 3.30. The molecule has 2 N–H and O–H groups in total. The van der Waals surface area contributed by atoms with Gasteiger partial charge in [-0.15, -0.1) is 0 Å². The number of carbonyl (C=O) groups excluding carboxylic acids is 1. The van der Waals surface area contributed by atoms with Crippen LogP contribution in [0.3, 0.4) is 0 Å². The Morgan fingerprint density at radius 3 is 3.05 bits per heavy atom. The van der Waals surface area contributed by atoms with Gasteiger partial charge < -0.3 is 15.4 Å². The van der Waals surface area contributed by atoms with Gasteiger partial charge in [0.15, 0.2) is 0 Å². The first kappa shape index (κ1) is 14.5. The Morgan fingerprint density at radius 2 is 2.38 bits per heavy atom. The maximum absolute atomic E-state index is 12.5. The summed E-state index contributed by atoms with van der Waals surface area (Å²) in [7, 11) is 0. The van der Waals surface area contributed by atoms with Gasteiger partial charge in [0, 0.05) is 31.2 Å². The number of amides is 1. The molecule has 0 spiro atoms. The van der Waals surface area contributed by atoms with Crippen molar-refractivity contribution in [3.63, 3.8) is 0 Å². The van der Waals surface area contributed by atoms with Crippen LogP contribution in [0.4, 0.5) is 0 Å². The minimum absolute atomic E-state index is 0.0251. The highest BCUT2D eigenvalue weighted by molar-refractivity contribution is 5.79. The zero-order valence-electron chi connectivity index (χ0n) is 12.6. The minimum Gasteiger partial charge on any atom is -0.373 e. The first-order valence-corrected chi connectivity index (χ1v) is 7.77. The van der Waals surface area contributed by atoms with E-state index in [-0.39, 0.29) is 24.0 Å². The lowest BCUT2D eigenvalue weighted by molar-refractivity contribution is -0.143. The van der Waals surface area contributed by atoms with Gasteiger partial charge in [0.2, 0.25) is 5.91 Å². The number of nitrogens with zero attached hydrogens (tertiary/aromatic N) is 3. The lowest BCUT2D eigenvalue weighted by Crippen LogP contribution is -2.48. The van der Waals surface area contributed by atoms with E-state index in [1.165, 1.54) is 0 Å². The molecule has 1 aliphatic heterocycles. The summed E-state index contributed by atoms with van der Waals surface area (Å²) in [5.41, 5.74) is 7.05. The van der Waals surface area contributed by atoms with Crippen molar-refractivity contribution < 1.29 is 9.53 Å². The molecule has 2 fully saturated rings. The van der Waals surface area contributed by atoms with Crippen LogP contribution in [-0.4, -0.2) is 52.4 Å². The smallest absolute Gasteiger partial charge is 0.225 e. The Hall–Kier alpha value is -1.40. The third-order valence-electron chi connectivity index (χ3n) is 4.43. The maximum Gasteiger partial charge on any atom is 0.225 e. The molecule has 6 heteroatoms. The van der Waals surface area contributed by atoms with Gasteiger partial charge in [-0.25, -0.2) is 0 Å². The molecule has 1 aliphatic carbocycles. The molecule has 2 aliphatic rings. The summed E-state index contributed by atoms with van der Waals surface area (Å²) in [4.78, 5) is 14.5. The van der Waals surface area contributed by atoms with Crippen molar-refractivity contribution in [3.05, 3.63) is 18.0 Å². The predicted octanol–water partition coefficient (Wildman–Crippen LogP) is 0.546. The van der Waals surface area contributed by atoms with Gasteiger partial charge in [0.25, 0.3) is 0 Å². The Kier molecular flexibility index (Phi) is 4.26. The first-order valence-electron chi connectivity index (χ1n) is 7.77. The number of aryl methyl sites for hydroxylation is 1. The van der Waals surface area contributed by atoms with E-state index in [0.29, 0.717) is 26.2 Å². The molecule has 3 unspecified atom stereocenters. The molecule has 0 bridgehead atoms. The highest BCUT2D eigenvalue weighted by Crippen LogP contribution is 2.26. The second-order valence-corrected chi connectivity index (χ2v) is 6.29. The van der Waals surface area contributed by atoms with Crippen LogP contribution < -0.4 is 5.73 Å². The molecule has 1 amide bonds. The van der Waals surface area contributed by atoms with Crippen LogP contribution in [0.15, 0.2) is 12.4 Å². The summed E-state index contributed by atoms with van der Waals surface area (Å²) in [6.07, 6.45) is 6.60. The zero-order chi connectivity index (χ0) is 14.8. The molecule has 1 aromatic heterocycles. The predicted molar refractivity (Wildman–Crippen MR) is 78.6 cm³/mol. The fraction of sp³-hybridized carbons (Fsp3) is 0.733. The van der Waals surface area contributed by atoms with E-state index < -0.39 is 0 Å². The molecule has 1 aromatic rings. The largest absolute Gasteiger partial charge is 0.373 e. The number of ether oxygens (including phenoxy) is 1. The van der Waals surface area contributed by atoms with Crippen molar-refractivity contribution in [2.45, 2.75) is 44.9 Å². The van der Waals surface area contributed by atoms with Crippen molar-refractivity contribution in [2.24, 2.45) is 11.7 Å². The molecule has 0 aromatic carbocycles. The molecule has 116 valence electrons. The van der Waals surface area contributed by atoms with E-state index in [1.807, 2.05) is 28.9 Å². The Bertz CT molecular complexity index is 502. The standard InChI is InChI=1S/C15H24N4O2/c1-11-7-17-19(8-11)10-14-9-18(4-5-21-14)15(20)12-2-3-13(16)6-12/h7-8,12-14H,2-6,9-10,16H2,1H3. The summed E-state index contributed by atoms with van der Waals surface area (Å²) in [6, 6.07) is 0.197. The zero-order valence-corrected chi connectivity index (χ0v) is 12.6. The molecular formula is C15H24N4O2. The van der Waals surface area contributed by atoms with E-state index in [4.69, 9.17) is 10.5 Å². The van der Waals surface area contributed by atoms with Crippen LogP contribution in [0.2, 0.25) is 0 Å². The van der Waals surface area contributed by atoms with Gasteiger partial charge in [-0.05, 0) is 31.7 Å². The van der Waals surface area contributed by atoms with Gasteiger partial charge >= 0.3 is 0 Å². The number of hydrogen-bond donors (Lipinski definition) is 1. The van der Waals surface area contributed by atoms with Crippen molar-refractivity contribution in [3.8, 4) is 0 Å². The van der Waals surface area contributed by atoms with Crippen LogP contribution in [0.1, 0.15) is 24.8 Å². The highest BCUT2D eigenvalue weighted by Gasteiger charge is 2.33. The second-order valence-electron chi connectivity index (χ2n) is 6.29. The number of carbonyl (C=O) groups is 1. The highest BCUT2D eigenvalue weighted by atomic mass is 16.5. The molecule has 3 rings (SSSR count). The molecule has 6 nitrogen and oxygen atoms in total. The third-order valence-corrected chi connectivity index (χ3v) is 4.43. The topological polar surface area (TPSA) is 73.4 Å². The van der Waals surface area contributed by atoms with Crippen molar-refractivity contribution in [1.29, 1.82) is 0 Å². The van der Waals surface area contributed by atoms with E-state index in [2.05, 4.69) is 5.10 Å². The minimum atomic E-state index is 0.0251. The van der Waals surface area contributed by atoms with Crippen LogP contribution in [0.5, 0.6) is 0 Å². The maximum atomic E-state index is 12.5. The van der Waals surface area contributed by atoms with Gasteiger partial charge in [-0.1, -0.05) is 0 Å². The van der Waals surface area contributed by atoms with Crippen LogP contribution in [0.25, 0.3) is 0 Å². The van der Waals surface area contributed by atoms with E-state index in [9.17, 15) is 4.79 Å². The SMILES string of the molecule is Cc1cnn(CC2CN(C(=O)C3CCC(N)C3)CCO2)c1. The van der Waals surface area contributed by atoms with Gasteiger partial charge in [0.1, 0.15) is 0 Å². The normalized spacial score (nSPS) is 29.8. The third kappa shape index (κ3) is 3.44. The van der Waals surface area contributed by atoms with Gasteiger partial charge in [-0.3, -0.25) is 9.48 Å². The Morgan fingerprint density at radius 1 is 1.52 bits per heavy atom. The van der Waals surface area contributed by atoms with Crippen molar-refractivity contribution >= 4 is 5.91 Å². The van der Waals surface area contributed by atoms with Crippen molar-refractivity contribution in [1.82, 2.24) is 14.7 Å². The molecule has 0 radical (unpaired) electrons. The molecule has 3 atom stereocenters. The second kappa shape index (κ2) is 6.15. The average molecular weight is 292 g/mol. The molecule has 1 saturated heterocycles. The summed E-state index contributed by atoms with van der Waals surface area (Å²) < 4.78 is 7.66. The van der Waals surface area contributed by atoms with E-state index >= 15 is 0 Å². The van der Waals surface area contributed by atoms with Crippen molar-refractivity contribution in [2.75, 3.05) is 19.7 Å². The van der Waals surface area contributed by atoms with Crippen LogP contribution >= 0.6 is 0 Å². The molecule has 21 heavy (non-hydrogen) atoms. The quantitative estimate of drug-likeness (QED) is 0.883. The van der Waals surface area contributed by atoms with Gasteiger partial charge in [-0.2, -0.15) is 5.10 Å². The average Bonchev–Trinajstić information content (AvgIpc) is 3.07. The molecular weight excluding hydrogens is 268 g/mol. The first-order chi connectivity index (χ1) is 10.1. The Balaban J connectivity index is 1.56. The number of aromatic nitrogens is 2. The fourth-order valence-corrected chi connectivity index (χ4v) is 3.30. The summed E-state index contributed by atoms with van der Waals surface area (Å²) in [6.45, 7) is 4.67. The summed E-state index contributed by atoms with van der Waals surface area (Å²) in [5.74, 6) is 0.374. The van der Waals surface area contributed by atoms with Gasteiger partial charge in [0.05, 0.1) is 25.5 Å². The monoisotopic (exact) mass is 292 g/mol.